The number of carbonyl (C=O) groups excluding carboxylic acids is 1. The van der Waals surface area contributed by atoms with Gasteiger partial charge in [-0.25, -0.2) is 0 Å². The number of rotatable bonds is 6. The fraction of sp³-hybridized carbons (Fsp3) is 0.643. The molecule has 102 valence electrons. The summed E-state index contributed by atoms with van der Waals surface area (Å²) in [5.41, 5.74) is 0. The molecule has 4 heteroatoms. The number of aldehydes is 1. The van der Waals surface area contributed by atoms with Crippen molar-refractivity contribution in [3.8, 4) is 0 Å². The smallest absolute Gasteiger partial charge is 0.193 e. The molecule has 0 saturated carbocycles. The van der Waals surface area contributed by atoms with Crippen molar-refractivity contribution in [3.63, 3.8) is 0 Å². The Hall–Kier alpha value is -0.873. The Morgan fingerprint density at radius 2 is 2.11 bits per heavy atom. The summed E-state index contributed by atoms with van der Waals surface area (Å²) in [5.74, 6) is 0.821. The van der Waals surface area contributed by atoms with Gasteiger partial charge in [0.15, 0.2) is 8.32 Å². The predicted molar refractivity (Wildman–Crippen MR) is 75.0 cm³/mol. The molecule has 1 aromatic heterocycles. The van der Waals surface area contributed by atoms with Crippen LogP contribution in [-0.4, -0.2) is 14.6 Å². The van der Waals surface area contributed by atoms with Crippen LogP contribution in [-0.2, 0) is 9.22 Å². The van der Waals surface area contributed by atoms with Crippen molar-refractivity contribution in [3.05, 3.63) is 24.2 Å². The molecule has 0 bridgehead atoms. The minimum Gasteiger partial charge on any atom is -0.467 e. The molecule has 1 rings (SSSR count). The zero-order chi connectivity index (χ0) is 13.8. The number of hydrogen-bond acceptors (Lipinski definition) is 3. The van der Waals surface area contributed by atoms with Crippen molar-refractivity contribution < 1.29 is 13.6 Å². The molecule has 0 amide bonds. The third-order valence-electron chi connectivity index (χ3n) is 3.65. The predicted octanol–water partition coefficient (Wildman–Crippen LogP) is 4.32. The van der Waals surface area contributed by atoms with Crippen LogP contribution >= 0.6 is 0 Å². The molecule has 0 aromatic carbocycles. The monoisotopic (exact) mass is 268 g/mol. The third kappa shape index (κ3) is 3.82. The first kappa shape index (κ1) is 15.2. The molecule has 0 radical (unpaired) electrons. The maximum atomic E-state index is 10.6. The zero-order valence-electron chi connectivity index (χ0n) is 12.0. The van der Waals surface area contributed by atoms with Gasteiger partial charge < -0.3 is 13.6 Å². The number of carbonyl (C=O) groups is 1. The van der Waals surface area contributed by atoms with Crippen molar-refractivity contribution in [2.75, 3.05) is 0 Å². The molecule has 3 nitrogen and oxygen atoms in total. The third-order valence-corrected chi connectivity index (χ3v) is 8.14. The summed E-state index contributed by atoms with van der Waals surface area (Å²) in [6, 6.07) is 3.78. The van der Waals surface area contributed by atoms with E-state index in [0.29, 0.717) is 12.8 Å². The Morgan fingerprint density at radius 1 is 1.44 bits per heavy atom. The van der Waals surface area contributed by atoms with Crippen LogP contribution in [0.15, 0.2) is 22.8 Å². The molecule has 0 spiro atoms. The van der Waals surface area contributed by atoms with Gasteiger partial charge in [0.25, 0.3) is 0 Å². The summed E-state index contributed by atoms with van der Waals surface area (Å²) in [7, 11) is -1.85. The van der Waals surface area contributed by atoms with Gasteiger partial charge in [-0.15, -0.1) is 0 Å². The lowest BCUT2D eigenvalue weighted by molar-refractivity contribution is -0.108. The molecule has 0 aliphatic heterocycles. The summed E-state index contributed by atoms with van der Waals surface area (Å²) < 4.78 is 11.8. The second-order valence-electron chi connectivity index (χ2n) is 6.13. The highest BCUT2D eigenvalue weighted by Crippen LogP contribution is 2.40. The molecule has 0 aliphatic rings. The van der Waals surface area contributed by atoms with Gasteiger partial charge in [0.05, 0.1) is 6.26 Å². The van der Waals surface area contributed by atoms with E-state index in [0.717, 1.165) is 12.0 Å². The minimum absolute atomic E-state index is 0.105. The van der Waals surface area contributed by atoms with E-state index >= 15 is 0 Å². The van der Waals surface area contributed by atoms with E-state index in [9.17, 15) is 4.79 Å². The second-order valence-corrected chi connectivity index (χ2v) is 10.9. The van der Waals surface area contributed by atoms with E-state index in [-0.39, 0.29) is 11.1 Å². The summed E-state index contributed by atoms with van der Waals surface area (Å²) in [6.07, 6.45) is 3.67. The van der Waals surface area contributed by atoms with E-state index < -0.39 is 8.32 Å². The SMILES string of the molecule is CC(C)(C)[Si](C)(C)O[C@@H](CCC=O)c1ccco1. The molecule has 0 fully saturated rings. The topological polar surface area (TPSA) is 39.4 Å². The van der Waals surface area contributed by atoms with Gasteiger partial charge in [-0.05, 0) is 36.7 Å². The molecule has 1 heterocycles. The molecule has 1 atom stereocenters. The van der Waals surface area contributed by atoms with E-state index in [1.807, 2.05) is 12.1 Å². The standard InChI is InChI=1S/C14H24O3Si/c1-14(2,3)18(4,5)17-13(8-6-10-15)12-9-7-11-16-12/h7,9-11,13H,6,8H2,1-5H3/t13-/m0/s1. The van der Waals surface area contributed by atoms with Gasteiger partial charge in [0.2, 0.25) is 0 Å². The van der Waals surface area contributed by atoms with E-state index in [4.69, 9.17) is 8.84 Å². The van der Waals surface area contributed by atoms with Gasteiger partial charge in [0, 0.05) is 6.42 Å². The van der Waals surface area contributed by atoms with Crippen LogP contribution in [0.5, 0.6) is 0 Å². The van der Waals surface area contributed by atoms with Gasteiger partial charge in [-0.1, -0.05) is 20.8 Å². The molecular weight excluding hydrogens is 244 g/mol. The van der Waals surface area contributed by atoms with Gasteiger partial charge >= 0.3 is 0 Å². The van der Waals surface area contributed by atoms with Crippen molar-refractivity contribution in [2.45, 2.75) is 57.8 Å². The first-order valence-electron chi connectivity index (χ1n) is 6.43. The fourth-order valence-corrected chi connectivity index (χ4v) is 2.78. The molecule has 1 aromatic rings. The molecular formula is C14H24O3Si. The zero-order valence-corrected chi connectivity index (χ0v) is 13.0. The van der Waals surface area contributed by atoms with Crippen LogP contribution in [0, 0.1) is 0 Å². The van der Waals surface area contributed by atoms with Crippen LogP contribution in [0.4, 0.5) is 0 Å². The minimum atomic E-state index is -1.85. The van der Waals surface area contributed by atoms with E-state index in [1.165, 1.54) is 0 Å². The lowest BCUT2D eigenvalue weighted by Gasteiger charge is -2.38. The lowest BCUT2D eigenvalue weighted by Crippen LogP contribution is -2.41. The summed E-state index contributed by atoms with van der Waals surface area (Å²) in [4.78, 5) is 10.6. The maximum absolute atomic E-state index is 10.6. The van der Waals surface area contributed by atoms with Crippen molar-refractivity contribution in [2.24, 2.45) is 0 Å². The Balaban J connectivity index is 2.82. The number of furan rings is 1. The van der Waals surface area contributed by atoms with Gasteiger partial charge in [-0.2, -0.15) is 0 Å². The van der Waals surface area contributed by atoms with Crippen LogP contribution in [0.3, 0.4) is 0 Å². The lowest BCUT2D eigenvalue weighted by atomic mass is 10.2. The Kier molecular flexibility index (Phi) is 4.93. The summed E-state index contributed by atoms with van der Waals surface area (Å²) >= 11 is 0. The number of hydrogen-bond donors (Lipinski definition) is 0. The van der Waals surface area contributed by atoms with Crippen LogP contribution in [0.25, 0.3) is 0 Å². The highest BCUT2D eigenvalue weighted by Gasteiger charge is 2.39. The average molecular weight is 268 g/mol. The first-order valence-corrected chi connectivity index (χ1v) is 9.33. The van der Waals surface area contributed by atoms with Gasteiger partial charge in [0.1, 0.15) is 18.2 Å². The van der Waals surface area contributed by atoms with Crippen molar-refractivity contribution >= 4 is 14.6 Å². The largest absolute Gasteiger partial charge is 0.467 e. The Morgan fingerprint density at radius 3 is 2.56 bits per heavy atom. The van der Waals surface area contributed by atoms with Gasteiger partial charge in [-0.3, -0.25) is 0 Å². The quantitative estimate of drug-likeness (QED) is 0.569. The van der Waals surface area contributed by atoms with Crippen LogP contribution in [0.1, 0.15) is 45.5 Å². The summed E-state index contributed by atoms with van der Waals surface area (Å²) in [5, 5.41) is 0.152. The average Bonchev–Trinajstić information content (AvgIpc) is 2.75. The molecule has 0 N–H and O–H groups in total. The van der Waals surface area contributed by atoms with Crippen molar-refractivity contribution in [1.29, 1.82) is 0 Å². The molecule has 18 heavy (non-hydrogen) atoms. The van der Waals surface area contributed by atoms with E-state index in [2.05, 4.69) is 33.9 Å². The molecule has 0 aliphatic carbocycles. The fourth-order valence-electron chi connectivity index (χ4n) is 1.49. The van der Waals surface area contributed by atoms with Crippen LogP contribution < -0.4 is 0 Å². The maximum Gasteiger partial charge on any atom is 0.193 e. The second kappa shape index (κ2) is 5.84. The first-order chi connectivity index (χ1) is 8.28. The van der Waals surface area contributed by atoms with Crippen molar-refractivity contribution in [1.82, 2.24) is 0 Å². The highest BCUT2D eigenvalue weighted by atomic mass is 28.4. The molecule has 0 saturated heterocycles. The normalized spacial score (nSPS) is 14.5. The van der Waals surface area contributed by atoms with Crippen LogP contribution in [0.2, 0.25) is 18.1 Å². The highest BCUT2D eigenvalue weighted by molar-refractivity contribution is 6.74. The summed E-state index contributed by atoms with van der Waals surface area (Å²) in [6.45, 7) is 11.0. The molecule has 0 unspecified atom stereocenters. The Labute approximate surface area is 111 Å². The van der Waals surface area contributed by atoms with E-state index in [1.54, 1.807) is 6.26 Å². The Bertz CT molecular complexity index is 363.